The van der Waals surface area contributed by atoms with Crippen LogP contribution in [0.15, 0.2) is 36.4 Å². The van der Waals surface area contributed by atoms with Crippen LogP contribution in [0.4, 0.5) is 5.82 Å². The van der Waals surface area contributed by atoms with Crippen molar-refractivity contribution in [2.75, 3.05) is 5.73 Å². The summed E-state index contributed by atoms with van der Waals surface area (Å²) in [5.41, 5.74) is 8.40. The normalized spacial score (nSPS) is 11.1. The van der Waals surface area contributed by atoms with E-state index >= 15 is 0 Å². The third-order valence-corrected chi connectivity index (χ3v) is 3.10. The molecule has 0 aliphatic carbocycles. The van der Waals surface area contributed by atoms with Gasteiger partial charge in [-0.05, 0) is 24.3 Å². The van der Waals surface area contributed by atoms with E-state index in [1.165, 1.54) is 5.56 Å². The van der Waals surface area contributed by atoms with Crippen LogP contribution in [0.25, 0.3) is 0 Å². The summed E-state index contributed by atoms with van der Waals surface area (Å²) >= 11 is 0. The Kier molecular flexibility index (Phi) is 4.03. The Balaban J connectivity index is 1.90. The van der Waals surface area contributed by atoms with Crippen molar-refractivity contribution in [3.05, 3.63) is 47.7 Å². The summed E-state index contributed by atoms with van der Waals surface area (Å²) in [7, 11) is 0. The first kappa shape index (κ1) is 12.7. The number of nitrogen functional groups attached to an aromatic ring is 1. The fourth-order valence-electron chi connectivity index (χ4n) is 1.99. The molecule has 2 aromatic rings. The van der Waals surface area contributed by atoms with E-state index in [0.29, 0.717) is 5.92 Å². The molecule has 0 unspecified atom stereocenters. The Bertz CT molecular complexity index is 486. The van der Waals surface area contributed by atoms with Crippen LogP contribution >= 0.6 is 0 Å². The van der Waals surface area contributed by atoms with Gasteiger partial charge in [0.15, 0.2) is 0 Å². The van der Waals surface area contributed by atoms with E-state index < -0.39 is 0 Å². The van der Waals surface area contributed by atoms with Crippen molar-refractivity contribution >= 4 is 5.82 Å². The predicted octanol–water partition coefficient (Wildman–Crippen LogP) is 3.22. The number of aromatic nitrogens is 2. The second-order valence-electron chi connectivity index (χ2n) is 4.96. The van der Waals surface area contributed by atoms with E-state index in [1.807, 2.05) is 16.8 Å². The van der Waals surface area contributed by atoms with Gasteiger partial charge in [0.05, 0.1) is 5.69 Å². The molecule has 0 bridgehead atoms. The minimum absolute atomic E-state index is 0.433. The standard InChI is InChI=1S/C15H21N3/c1-12(2)14-11-15(16)18(17-14)10-6-9-13-7-4-3-5-8-13/h3-5,7-8,11-12H,6,9-10,16H2,1-2H3. The van der Waals surface area contributed by atoms with Gasteiger partial charge in [-0.25, -0.2) is 4.68 Å². The average molecular weight is 243 g/mol. The zero-order chi connectivity index (χ0) is 13.0. The quantitative estimate of drug-likeness (QED) is 0.876. The van der Waals surface area contributed by atoms with Gasteiger partial charge >= 0.3 is 0 Å². The van der Waals surface area contributed by atoms with E-state index in [-0.39, 0.29) is 0 Å². The minimum Gasteiger partial charge on any atom is -0.384 e. The maximum absolute atomic E-state index is 5.96. The van der Waals surface area contributed by atoms with E-state index in [2.05, 4.69) is 43.2 Å². The molecular formula is C15H21N3. The van der Waals surface area contributed by atoms with Crippen LogP contribution in [-0.4, -0.2) is 9.78 Å². The summed E-state index contributed by atoms with van der Waals surface area (Å²) in [5.74, 6) is 1.20. The van der Waals surface area contributed by atoms with Crippen molar-refractivity contribution in [2.45, 2.75) is 39.2 Å². The third-order valence-electron chi connectivity index (χ3n) is 3.10. The maximum Gasteiger partial charge on any atom is 0.121 e. The van der Waals surface area contributed by atoms with Gasteiger partial charge in [0, 0.05) is 12.6 Å². The highest BCUT2D eigenvalue weighted by atomic mass is 15.3. The molecule has 0 atom stereocenters. The molecule has 0 saturated carbocycles. The molecule has 1 aromatic heterocycles. The lowest BCUT2D eigenvalue weighted by Gasteiger charge is -2.04. The molecular weight excluding hydrogens is 222 g/mol. The van der Waals surface area contributed by atoms with E-state index in [9.17, 15) is 0 Å². The summed E-state index contributed by atoms with van der Waals surface area (Å²) in [6, 6.07) is 12.5. The van der Waals surface area contributed by atoms with Gasteiger partial charge in [-0.3, -0.25) is 0 Å². The number of nitrogens with zero attached hydrogens (tertiary/aromatic N) is 2. The molecule has 3 heteroatoms. The summed E-state index contributed by atoms with van der Waals surface area (Å²) in [6.07, 6.45) is 2.13. The van der Waals surface area contributed by atoms with Gasteiger partial charge in [0.25, 0.3) is 0 Å². The van der Waals surface area contributed by atoms with Crippen LogP contribution in [-0.2, 0) is 13.0 Å². The molecule has 1 heterocycles. The van der Waals surface area contributed by atoms with Gasteiger partial charge in [-0.1, -0.05) is 44.2 Å². The Morgan fingerprint density at radius 2 is 1.94 bits per heavy atom. The molecule has 3 nitrogen and oxygen atoms in total. The molecule has 0 fully saturated rings. The monoisotopic (exact) mass is 243 g/mol. The highest BCUT2D eigenvalue weighted by Crippen LogP contribution is 2.16. The van der Waals surface area contributed by atoms with Gasteiger partial charge < -0.3 is 5.73 Å². The van der Waals surface area contributed by atoms with Crippen LogP contribution in [0.3, 0.4) is 0 Å². The topological polar surface area (TPSA) is 43.8 Å². The summed E-state index contributed by atoms with van der Waals surface area (Å²) in [4.78, 5) is 0. The van der Waals surface area contributed by atoms with Crippen LogP contribution < -0.4 is 5.73 Å². The Morgan fingerprint density at radius 1 is 1.22 bits per heavy atom. The smallest absolute Gasteiger partial charge is 0.121 e. The zero-order valence-electron chi connectivity index (χ0n) is 11.1. The lowest BCUT2D eigenvalue weighted by atomic mass is 10.1. The molecule has 2 rings (SSSR count). The molecule has 96 valence electrons. The number of aryl methyl sites for hydroxylation is 2. The first-order valence-corrected chi connectivity index (χ1v) is 6.54. The number of nitrogens with two attached hydrogens (primary N) is 1. The second kappa shape index (κ2) is 5.71. The SMILES string of the molecule is CC(C)c1cc(N)n(CCCc2ccccc2)n1. The van der Waals surface area contributed by atoms with Gasteiger partial charge in [-0.15, -0.1) is 0 Å². The molecule has 2 N–H and O–H groups in total. The zero-order valence-corrected chi connectivity index (χ0v) is 11.1. The lowest BCUT2D eigenvalue weighted by Crippen LogP contribution is -2.06. The number of rotatable bonds is 5. The maximum atomic E-state index is 5.96. The summed E-state index contributed by atoms with van der Waals surface area (Å²) in [6.45, 7) is 5.15. The largest absolute Gasteiger partial charge is 0.384 e. The highest BCUT2D eigenvalue weighted by Gasteiger charge is 2.07. The molecule has 18 heavy (non-hydrogen) atoms. The Morgan fingerprint density at radius 3 is 2.56 bits per heavy atom. The number of anilines is 1. The van der Waals surface area contributed by atoms with Crippen LogP contribution in [0.2, 0.25) is 0 Å². The van der Waals surface area contributed by atoms with E-state index in [4.69, 9.17) is 5.73 Å². The van der Waals surface area contributed by atoms with Crippen molar-refractivity contribution in [3.63, 3.8) is 0 Å². The first-order chi connectivity index (χ1) is 8.66. The van der Waals surface area contributed by atoms with Crippen LogP contribution in [0.5, 0.6) is 0 Å². The van der Waals surface area contributed by atoms with Gasteiger partial charge in [0.2, 0.25) is 0 Å². The molecule has 0 saturated heterocycles. The third kappa shape index (κ3) is 3.13. The van der Waals surface area contributed by atoms with Crippen molar-refractivity contribution in [1.82, 2.24) is 9.78 Å². The highest BCUT2D eigenvalue weighted by molar-refractivity contribution is 5.32. The van der Waals surface area contributed by atoms with Crippen LogP contribution in [0.1, 0.15) is 37.4 Å². The van der Waals surface area contributed by atoms with Gasteiger partial charge in [0.1, 0.15) is 5.82 Å². The molecule has 0 spiro atoms. The molecule has 1 aromatic carbocycles. The van der Waals surface area contributed by atoms with Gasteiger partial charge in [-0.2, -0.15) is 5.10 Å². The number of hydrogen-bond acceptors (Lipinski definition) is 2. The van der Waals surface area contributed by atoms with E-state index in [1.54, 1.807) is 0 Å². The fourth-order valence-corrected chi connectivity index (χ4v) is 1.99. The Labute approximate surface area is 109 Å². The predicted molar refractivity (Wildman–Crippen MR) is 75.5 cm³/mol. The average Bonchev–Trinajstić information content (AvgIpc) is 2.73. The van der Waals surface area contributed by atoms with Crippen molar-refractivity contribution in [3.8, 4) is 0 Å². The second-order valence-corrected chi connectivity index (χ2v) is 4.96. The number of benzene rings is 1. The van der Waals surface area contributed by atoms with Crippen molar-refractivity contribution < 1.29 is 0 Å². The molecule has 0 aliphatic heterocycles. The van der Waals surface area contributed by atoms with Crippen molar-refractivity contribution in [2.24, 2.45) is 0 Å². The van der Waals surface area contributed by atoms with Crippen molar-refractivity contribution in [1.29, 1.82) is 0 Å². The molecule has 0 radical (unpaired) electrons. The first-order valence-electron chi connectivity index (χ1n) is 6.54. The molecule has 0 aliphatic rings. The summed E-state index contributed by atoms with van der Waals surface area (Å²) < 4.78 is 1.91. The Hall–Kier alpha value is -1.77. The lowest BCUT2D eigenvalue weighted by molar-refractivity contribution is 0.574. The molecule has 0 amide bonds. The van der Waals surface area contributed by atoms with E-state index in [0.717, 1.165) is 30.9 Å². The number of hydrogen-bond donors (Lipinski definition) is 1. The fraction of sp³-hybridized carbons (Fsp3) is 0.400. The van der Waals surface area contributed by atoms with Crippen LogP contribution in [0, 0.1) is 0 Å². The minimum atomic E-state index is 0.433. The summed E-state index contributed by atoms with van der Waals surface area (Å²) in [5, 5.41) is 4.53.